The molecule has 0 saturated heterocycles. The summed E-state index contributed by atoms with van der Waals surface area (Å²) in [5.74, 6) is -0.471. The fraction of sp³-hybridized carbons (Fsp3) is 0.176. The fourth-order valence-electron chi connectivity index (χ4n) is 1.90. The third-order valence-electron chi connectivity index (χ3n) is 2.99. The van der Waals surface area contributed by atoms with Crippen molar-refractivity contribution in [3.63, 3.8) is 0 Å². The minimum Gasteiger partial charge on any atom is -0.459 e. The van der Waals surface area contributed by atoms with E-state index >= 15 is 0 Å². The Balaban J connectivity index is 2.18. The Morgan fingerprint density at radius 2 is 1.83 bits per heavy atom. The minimum absolute atomic E-state index is 0.00940. The van der Waals surface area contributed by atoms with Crippen LogP contribution in [0.25, 0.3) is 0 Å². The molecule has 2 aromatic carbocycles. The van der Waals surface area contributed by atoms with Crippen molar-refractivity contribution in [3.05, 3.63) is 59.7 Å². The van der Waals surface area contributed by atoms with E-state index in [4.69, 9.17) is 10.00 Å². The Bertz CT molecular complexity index is 882. The molecule has 0 heterocycles. The average molecular weight is 344 g/mol. The van der Waals surface area contributed by atoms with Crippen LogP contribution in [-0.2, 0) is 14.8 Å². The molecule has 0 aromatic heterocycles. The SMILES string of the molecule is CC(C)OC(=O)c1ccc(NS(=O)(=O)c2cccc(C#N)c2)cc1. The summed E-state index contributed by atoms with van der Waals surface area (Å²) in [6.45, 7) is 3.49. The Labute approximate surface area is 140 Å². The number of nitrogens with one attached hydrogen (secondary N) is 1. The van der Waals surface area contributed by atoms with E-state index in [0.29, 0.717) is 11.3 Å². The molecule has 0 amide bonds. The zero-order valence-corrected chi connectivity index (χ0v) is 14.0. The van der Waals surface area contributed by atoms with E-state index in [-0.39, 0.29) is 16.6 Å². The van der Waals surface area contributed by atoms with Gasteiger partial charge in [-0.2, -0.15) is 5.26 Å². The van der Waals surface area contributed by atoms with Gasteiger partial charge in [-0.15, -0.1) is 0 Å². The lowest BCUT2D eigenvalue weighted by molar-refractivity contribution is 0.0378. The van der Waals surface area contributed by atoms with Gasteiger partial charge < -0.3 is 4.74 Å². The van der Waals surface area contributed by atoms with E-state index in [2.05, 4.69) is 4.72 Å². The van der Waals surface area contributed by atoms with Crippen LogP contribution in [0.4, 0.5) is 5.69 Å². The van der Waals surface area contributed by atoms with E-state index < -0.39 is 16.0 Å². The number of carbonyl (C=O) groups excluding carboxylic acids is 1. The topological polar surface area (TPSA) is 96.3 Å². The molecule has 1 N–H and O–H groups in total. The molecular weight excluding hydrogens is 328 g/mol. The summed E-state index contributed by atoms with van der Waals surface area (Å²) < 4.78 is 32.1. The van der Waals surface area contributed by atoms with Gasteiger partial charge in [-0.3, -0.25) is 4.72 Å². The van der Waals surface area contributed by atoms with E-state index in [1.54, 1.807) is 13.8 Å². The van der Waals surface area contributed by atoms with Crippen LogP contribution in [0, 0.1) is 11.3 Å². The van der Waals surface area contributed by atoms with Crippen molar-refractivity contribution in [2.45, 2.75) is 24.8 Å². The molecule has 2 rings (SSSR count). The maximum absolute atomic E-state index is 12.3. The van der Waals surface area contributed by atoms with Gasteiger partial charge in [-0.05, 0) is 56.3 Å². The second-order valence-corrected chi connectivity index (χ2v) is 6.96. The van der Waals surface area contributed by atoms with Crippen molar-refractivity contribution < 1.29 is 17.9 Å². The van der Waals surface area contributed by atoms with Gasteiger partial charge in [0.05, 0.1) is 28.2 Å². The molecule has 24 heavy (non-hydrogen) atoms. The molecule has 0 aliphatic heterocycles. The number of hydrogen-bond acceptors (Lipinski definition) is 5. The zero-order valence-electron chi connectivity index (χ0n) is 13.2. The van der Waals surface area contributed by atoms with Gasteiger partial charge in [0.1, 0.15) is 0 Å². The molecule has 0 saturated carbocycles. The molecule has 0 aliphatic carbocycles. The number of esters is 1. The smallest absolute Gasteiger partial charge is 0.338 e. The van der Waals surface area contributed by atoms with E-state index in [1.165, 1.54) is 48.5 Å². The van der Waals surface area contributed by atoms with E-state index in [9.17, 15) is 13.2 Å². The second-order valence-electron chi connectivity index (χ2n) is 5.28. The Morgan fingerprint density at radius 1 is 1.17 bits per heavy atom. The van der Waals surface area contributed by atoms with Crippen molar-refractivity contribution in [2.75, 3.05) is 4.72 Å². The van der Waals surface area contributed by atoms with Gasteiger partial charge in [-0.25, -0.2) is 13.2 Å². The summed E-state index contributed by atoms with van der Waals surface area (Å²) in [6.07, 6.45) is -0.233. The Hall–Kier alpha value is -2.85. The van der Waals surface area contributed by atoms with Crippen LogP contribution in [0.15, 0.2) is 53.4 Å². The van der Waals surface area contributed by atoms with Crippen molar-refractivity contribution in [3.8, 4) is 6.07 Å². The van der Waals surface area contributed by atoms with Crippen LogP contribution in [0.3, 0.4) is 0 Å². The lowest BCUT2D eigenvalue weighted by atomic mass is 10.2. The first-order chi connectivity index (χ1) is 11.3. The molecule has 0 unspecified atom stereocenters. The predicted molar refractivity (Wildman–Crippen MR) is 89.0 cm³/mol. The molecule has 6 nitrogen and oxygen atoms in total. The van der Waals surface area contributed by atoms with Gasteiger partial charge in [0.15, 0.2) is 0 Å². The lowest BCUT2D eigenvalue weighted by Crippen LogP contribution is -2.14. The van der Waals surface area contributed by atoms with Crippen LogP contribution in [0.1, 0.15) is 29.8 Å². The molecular formula is C17H16N2O4S. The maximum Gasteiger partial charge on any atom is 0.338 e. The normalized spacial score (nSPS) is 10.9. The van der Waals surface area contributed by atoms with Gasteiger partial charge in [-0.1, -0.05) is 6.07 Å². The molecule has 0 radical (unpaired) electrons. The average Bonchev–Trinajstić information content (AvgIpc) is 2.54. The van der Waals surface area contributed by atoms with Crippen LogP contribution in [0.2, 0.25) is 0 Å². The number of rotatable bonds is 5. The molecule has 0 fully saturated rings. The van der Waals surface area contributed by atoms with Gasteiger partial charge in [0.25, 0.3) is 10.0 Å². The molecule has 124 valence electrons. The van der Waals surface area contributed by atoms with Crippen molar-refractivity contribution >= 4 is 21.7 Å². The highest BCUT2D eigenvalue weighted by molar-refractivity contribution is 7.92. The van der Waals surface area contributed by atoms with Crippen molar-refractivity contribution in [2.24, 2.45) is 0 Å². The minimum atomic E-state index is -3.82. The highest BCUT2D eigenvalue weighted by atomic mass is 32.2. The molecule has 0 bridgehead atoms. The third-order valence-corrected chi connectivity index (χ3v) is 4.37. The first-order valence-corrected chi connectivity index (χ1v) is 8.64. The largest absolute Gasteiger partial charge is 0.459 e. The second kappa shape index (κ2) is 7.15. The number of hydrogen-bond donors (Lipinski definition) is 1. The molecule has 0 spiro atoms. The van der Waals surface area contributed by atoms with Gasteiger partial charge in [0.2, 0.25) is 0 Å². The van der Waals surface area contributed by atoms with Crippen molar-refractivity contribution in [1.29, 1.82) is 5.26 Å². The summed E-state index contributed by atoms with van der Waals surface area (Å²) in [7, 11) is -3.82. The highest BCUT2D eigenvalue weighted by Crippen LogP contribution is 2.18. The number of benzene rings is 2. The zero-order chi connectivity index (χ0) is 17.7. The first-order valence-electron chi connectivity index (χ1n) is 7.16. The Kier molecular flexibility index (Phi) is 5.21. The number of anilines is 1. The van der Waals surface area contributed by atoms with Crippen LogP contribution < -0.4 is 4.72 Å². The van der Waals surface area contributed by atoms with Crippen molar-refractivity contribution in [1.82, 2.24) is 0 Å². The molecule has 2 aromatic rings. The number of carbonyl (C=O) groups is 1. The highest BCUT2D eigenvalue weighted by Gasteiger charge is 2.15. The summed E-state index contributed by atoms with van der Waals surface area (Å²) in [5.41, 5.74) is 0.890. The van der Waals surface area contributed by atoms with Crippen LogP contribution >= 0.6 is 0 Å². The van der Waals surface area contributed by atoms with E-state index in [0.717, 1.165) is 0 Å². The molecule has 0 aliphatic rings. The first kappa shape index (κ1) is 17.5. The van der Waals surface area contributed by atoms with E-state index in [1.807, 2.05) is 6.07 Å². The summed E-state index contributed by atoms with van der Waals surface area (Å²) in [5, 5.41) is 8.85. The van der Waals surface area contributed by atoms with Gasteiger partial charge >= 0.3 is 5.97 Å². The predicted octanol–water partition coefficient (Wildman–Crippen LogP) is 2.92. The monoisotopic (exact) mass is 344 g/mol. The summed E-state index contributed by atoms with van der Waals surface area (Å²) in [4.78, 5) is 11.7. The summed E-state index contributed by atoms with van der Waals surface area (Å²) >= 11 is 0. The molecule has 0 atom stereocenters. The quantitative estimate of drug-likeness (QED) is 0.841. The number of nitrogens with zero attached hydrogens (tertiary/aromatic N) is 1. The lowest BCUT2D eigenvalue weighted by Gasteiger charge is -2.10. The number of sulfonamides is 1. The maximum atomic E-state index is 12.3. The third kappa shape index (κ3) is 4.33. The molecule has 7 heteroatoms. The summed E-state index contributed by atoms with van der Waals surface area (Å²) in [6, 6.07) is 13.5. The number of ether oxygens (including phenoxy) is 1. The van der Waals surface area contributed by atoms with Gasteiger partial charge in [0, 0.05) is 5.69 Å². The fourth-order valence-corrected chi connectivity index (χ4v) is 3.01. The Morgan fingerprint density at radius 3 is 2.42 bits per heavy atom. The van der Waals surface area contributed by atoms with Crippen LogP contribution in [0.5, 0.6) is 0 Å². The number of nitriles is 1. The standard InChI is InChI=1S/C17H16N2O4S/c1-12(2)23-17(20)14-6-8-15(9-7-14)19-24(21,22)16-5-3-4-13(10-16)11-18/h3-10,12,19H,1-2H3. The van der Waals surface area contributed by atoms with Crippen LogP contribution in [-0.4, -0.2) is 20.5 Å².